The van der Waals surface area contributed by atoms with Crippen LogP contribution in [0.15, 0.2) is 30.0 Å². The normalized spacial score (nSPS) is 29.7. The second kappa shape index (κ2) is 12.7. The molecule has 5 rings (SSSR count). The first-order chi connectivity index (χ1) is 19.5. The molecule has 0 radical (unpaired) electrons. The van der Waals surface area contributed by atoms with E-state index in [0.717, 1.165) is 0 Å². The van der Waals surface area contributed by atoms with Crippen LogP contribution >= 0.6 is 38.1 Å². The number of nitrogen functional groups attached to an aromatic ring is 1. The maximum atomic E-state index is 13.2. The Morgan fingerprint density at radius 2 is 2.02 bits per heavy atom. The minimum absolute atomic E-state index is 0.0250. The molecule has 17 nitrogen and oxygen atoms in total. The van der Waals surface area contributed by atoms with E-state index < -0.39 is 44.4 Å². The molecule has 3 unspecified atom stereocenters. The highest BCUT2D eigenvalue weighted by Gasteiger charge is 2.42. The molecule has 2 aliphatic heterocycles. The van der Waals surface area contributed by atoms with Crippen molar-refractivity contribution in [1.82, 2.24) is 34.8 Å². The third kappa shape index (κ3) is 7.87. The van der Waals surface area contributed by atoms with Crippen molar-refractivity contribution in [3.8, 4) is 0 Å². The van der Waals surface area contributed by atoms with Crippen LogP contribution in [0, 0.1) is 5.92 Å². The number of thiol groups is 2. The number of aromatic nitrogens is 6. The quantitative estimate of drug-likeness (QED) is 0.0718. The van der Waals surface area contributed by atoms with Crippen LogP contribution in [0.25, 0.3) is 11.2 Å². The predicted octanol–water partition coefficient (Wildman–Crippen LogP) is 2.61. The van der Waals surface area contributed by atoms with Gasteiger partial charge in [0.15, 0.2) is 11.5 Å². The number of imidazole rings is 2. The van der Waals surface area contributed by atoms with Crippen LogP contribution in [0.1, 0.15) is 26.0 Å². The maximum Gasteiger partial charge on any atom is 0.386 e. The number of hydrogen-bond acceptors (Lipinski definition) is 13. The summed E-state index contributed by atoms with van der Waals surface area (Å²) in [5, 5.41) is 2.92. The molecule has 0 aliphatic carbocycles. The summed E-state index contributed by atoms with van der Waals surface area (Å²) < 4.78 is 54.7. The molecule has 41 heavy (non-hydrogen) atoms. The third-order valence-electron chi connectivity index (χ3n) is 6.45. The third-order valence-corrected chi connectivity index (χ3v) is 8.92. The number of aromatic amines is 1. The van der Waals surface area contributed by atoms with Gasteiger partial charge in [0.2, 0.25) is 5.95 Å². The SMILES string of the molecule is CC1C[C@H](n2cnc3c(N)ncnc32)O[C@@H]1COP(=O)(S)O[C@H]1C[C@H](N/C=N\c2ncc[nH]2)O[C@@H]1COP(=O)(O)S. The molecule has 0 amide bonds. The molecule has 0 aromatic carbocycles. The number of rotatable bonds is 12. The summed E-state index contributed by atoms with van der Waals surface area (Å²) in [6.45, 7) is -6.51. The Balaban J connectivity index is 1.18. The molecule has 3 aromatic rings. The smallest absolute Gasteiger partial charge is 0.382 e. The molecule has 0 saturated carbocycles. The monoisotopic (exact) mass is 649 g/mol. The molecule has 5 heterocycles. The molecule has 3 aromatic heterocycles. The van der Waals surface area contributed by atoms with Crippen molar-refractivity contribution in [2.45, 2.75) is 50.5 Å². The van der Waals surface area contributed by atoms with Gasteiger partial charge in [-0.2, -0.15) is 0 Å². The number of nitrogens with one attached hydrogen (secondary N) is 2. The predicted molar refractivity (Wildman–Crippen MR) is 153 cm³/mol. The second-order valence-corrected chi connectivity index (χ2v) is 15.0. The van der Waals surface area contributed by atoms with E-state index in [-0.39, 0.29) is 31.4 Å². The Hall–Kier alpha value is -2.05. The zero-order chi connectivity index (χ0) is 29.2. The van der Waals surface area contributed by atoms with E-state index >= 15 is 0 Å². The minimum Gasteiger partial charge on any atom is -0.382 e. The van der Waals surface area contributed by atoms with Crippen LogP contribution in [0.5, 0.6) is 0 Å². The van der Waals surface area contributed by atoms with Crippen LogP contribution in [0.2, 0.25) is 0 Å². The summed E-state index contributed by atoms with van der Waals surface area (Å²) in [7, 11) is 0. The molecule has 2 saturated heterocycles. The number of fused-ring (bicyclic) bond motifs is 1. The molecule has 0 bridgehead atoms. The van der Waals surface area contributed by atoms with Gasteiger partial charge in [-0.25, -0.2) is 34.1 Å². The van der Waals surface area contributed by atoms with E-state index in [9.17, 15) is 14.0 Å². The fourth-order valence-electron chi connectivity index (χ4n) is 4.46. The average Bonchev–Trinajstić information content (AvgIpc) is 3.69. The number of ether oxygens (including phenoxy) is 2. The highest BCUT2D eigenvalue weighted by molar-refractivity contribution is 8.44. The second-order valence-electron chi connectivity index (χ2n) is 9.36. The Bertz CT molecular complexity index is 1460. The lowest BCUT2D eigenvalue weighted by molar-refractivity contribution is -0.0313. The molecule has 224 valence electrons. The molecule has 0 spiro atoms. The van der Waals surface area contributed by atoms with Gasteiger partial charge in [-0.3, -0.25) is 18.1 Å². The van der Waals surface area contributed by atoms with Crippen molar-refractivity contribution >= 4 is 67.4 Å². The summed E-state index contributed by atoms with van der Waals surface area (Å²) in [6, 6.07) is 0. The van der Waals surface area contributed by atoms with Crippen molar-refractivity contribution < 1.29 is 37.1 Å². The lowest BCUT2D eigenvalue weighted by Crippen LogP contribution is -2.29. The number of anilines is 1. The van der Waals surface area contributed by atoms with Gasteiger partial charge in [0, 0.05) is 18.8 Å². The summed E-state index contributed by atoms with van der Waals surface area (Å²) in [5.74, 6) is 0.667. The molecular formula is C20H29N9O8P2S2. The van der Waals surface area contributed by atoms with Gasteiger partial charge in [0.05, 0.1) is 32.0 Å². The van der Waals surface area contributed by atoms with Gasteiger partial charge < -0.3 is 30.4 Å². The van der Waals surface area contributed by atoms with Crippen LogP contribution in [0.3, 0.4) is 0 Å². The van der Waals surface area contributed by atoms with Gasteiger partial charge in [0.25, 0.3) is 0 Å². The van der Waals surface area contributed by atoms with Crippen LogP contribution in [-0.4, -0.2) is 78.5 Å². The Kier molecular flexibility index (Phi) is 9.40. The van der Waals surface area contributed by atoms with Crippen molar-refractivity contribution in [2.75, 3.05) is 18.9 Å². The topological polar surface area (TPSA) is 223 Å². The fourth-order valence-corrected chi connectivity index (χ4v) is 6.52. The van der Waals surface area contributed by atoms with Gasteiger partial charge in [-0.05, 0) is 12.3 Å². The summed E-state index contributed by atoms with van der Waals surface area (Å²) >= 11 is 7.67. The minimum atomic E-state index is -4.11. The highest BCUT2D eigenvalue weighted by atomic mass is 32.7. The number of nitrogens with zero attached hydrogens (tertiary/aromatic N) is 6. The standard InChI is InChI=1S/C20H29N9O8P2S2/c1-11-4-16(29-10-28-17-18(21)25-9-26-19(17)29)36-13(11)6-34-39(32,41)37-12-5-15(24-8-27-20-22-2-3-23-20)35-14(12)7-33-38(30,31)40/h2-3,8-16H,4-7H2,1H3,(H,32,41)(H2,21,25,26)(H2,30,31,40)(H2,22,23,24,27)/t11?,12-,13+,14+,15+,16+,39?/m0/s1. The first-order valence-electron chi connectivity index (χ1n) is 12.3. The van der Waals surface area contributed by atoms with E-state index in [1.165, 1.54) is 12.7 Å². The maximum absolute atomic E-state index is 13.2. The number of nitrogens with two attached hydrogens (primary N) is 1. The van der Waals surface area contributed by atoms with Crippen molar-refractivity contribution in [3.63, 3.8) is 0 Å². The molecule has 21 heteroatoms. The van der Waals surface area contributed by atoms with Gasteiger partial charge in [0.1, 0.15) is 36.5 Å². The first-order valence-corrected chi connectivity index (χ1v) is 17.8. The fraction of sp³-hybridized carbons (Fsp3) is 0.550. The first kappa shape index (κ1) is 30.4. The number of hydrogen-bond donors (Lipinski definition) is 6. The Morgan fingerprint density at radius 3 is 2.78 bits per heavy atom. The van der Waals surface area contributed by atoms with Gasteiger partial charge in [-0.1, -0.05) is 31.4 Å². The van der Waals surface area contributed by atoms with Crippen LogP contribution in [0.4, 0.5) is 11.8 Å². The zero-order valence-corrected chi connectivity index (χ0v) is 25.1. The number of aliphatic imine (C=N–C) groups is 1. The largest absolute Gasteiger partial charge is 0.386 e. The summed E-state index contributed by atoms with van der Waals surface area (Å²) in [5.41, 5.74) is 6.90. The molecule has 2 aliphatic rings. The Labute approximate surface area is 244 Å². The van der Waals surface area contributed by atoms with E-state index in [2.05, 4.69) is 59.7 Å². The average molecular weight is 650 g/mol. The highest BCUT2D eigenvalue weighted by Crippen LogP contribution is 2.56. The van der Waals surface area contributed by atoms with Crippen molar-refractivity contribution in [3.05, 3.63) is 25.0 Å². The van der Waals surface area contributed by atoms with E-state index in [1.54, 1.807) is 23.3 Å². The number of H-pyrrole nitrogens is 1. The summed E-state index contributed by atoms with van der Waals surface area (Å²) in [4.78, 5) is 32.8. The summed E-state index contributed by atoms with van der Waals surface area (Å²) in [6.07, 6.45) is 5.03. The van der Waals surface area contributed by atoms with E-state index in [4.69, 9.17) is 28.8 Å². The van der Waals surface area contributed by atoms with Crippen molar-refractivity contribution in [2.24, 2.45) is 10.9 Å². The molecule has 5 N–H and O–H groups in total. The Morgan fingerprint density at radius 1 is 1.22 bits per heavy atom. The van der Waals surface area contributed by atoms with Crippen LogP contribution < -0.4 is 11.1 Å². The zero-order valence-electron chi connectivity index (χ0n) is 21.5. The van der Waals surface area contributed by atoms with Gasteiger partial charge >= 0.3 is 13.6 Å². The lowest BCUT2D eigenvalue weighted by atomic mass is 10.0. The molecule has 2 fully saturated rings. The van der Waals surface area contributed by atoms with E-state index in [1.807, 2.05) is 6.92 Å². The molecular weight excluding hydrogens is 620 g/mol. The van der Waals surface area contributed by atoms with Gasteiger partial charge in [-0.15, -0.1) is 0 Å². The van der Waals surface area contributed by atoms with E-state index in [0.29, 0.717) is 23.5 Å². The van der Waals surface area contributed by atoms with Crippen molar-refractivity contribution in [1.29, 1.82) is 0 Å². The molecule has 8 atom stereocenters. The van der Waals surface area contributed by atoms with Crippen LogP contribution in [-0.2, 0) is 32.2 Å². The lowest BCUT2D eigenvalue weighted by Gasteiger charge is -2.23.